The fourth-order valence-electron chi connectivity index (χ4n) is 0.657. The van der Waals surface area contributed by atoms with Crippen molar-refractivity contribution in [2.24, 2.45) is 0 Å². The average molecular weight is 143 g/mol. The van der Waals surface area contributed by atoms with Crippen LogP contribution in [0.5, 0.6) is 0 Å². The lowest BCUT2D eigenvalue weighted by atomic mass is 10.2. The van der Waals surface area contributed by atoms with E-state index in [4.69, 9.17) is 10.4 Å². The molecule has 0 aromatic heterocycles. The maximum atomic E-state index is 9.04. The third kappa shape index (κ3) is 5.39. The number of hydrogen-bond donors (Lipinski definition) is 1. The molecule has 0 bridgehead atoms. The molecule has 0 fully saturated rings. The van der Waals surface area contributed by atoms with Crippen molar-refractivity contribution in [3.8, 4) is 6.26 Å². The van der Waals surface area contributed by atoms with E-state index in [1.165, 1.54) is 6.26 Å². The summed E-state index contributed by atoms with van der Waals surface area (Å²) >= 11 is 0. The van der Waals surface area contributed by atoms with Crippen LogP contribution in [-0.4, -0.2) is 17.8 Å². The van der Waals surface area contributed by atoms with Crippen LogP contribution in [0.1, 0.15) is 26.2 Å². The Hall–Kier alpha value is -0.750. The number of nitriles is 1. The van der Waals surface area contributed by atoms with Crippen molar-refractivity contribution < 1.29 is 9.84 Å². The molecule has 0 saturated carbocycles. The Morgan fingerprint density at radius 1 is 1.70 bits per heavy atom. The van der Waals surface area contributed by atoms with Gasteiger partial charge in [0.25, 0.3) is 6.26 Å². The molecule has 0 amide bonds. The summed E-state index contributed by atoms with van der Waals surface area (Å²) in [5.41, 5.74) is 0. The standard InChI is InChI=1S/C7H13NO2/c1-2-3-4-7(9)5-10-6-8/h7,9H,2-5H2,1H3. The van der Waals surface area contributed by atoms with Gasteiger partial charge in [0, 0.05) is 0 Å². The first kappa shape index (κ1) is 9.25. The van der Waals surface area contributed by atoms with E-state index in [-0.39, 0.29) is 6.61 Å². The van der Waals surface area contributed by atoms with Crippen LogP contribution in [0.3, 0.4) is 0 Å². The lowest BCUT2D eigenvalue weighted by Crippen LogP contribution is -2.12. The molecule has 3 heteroatoms. The molecule has 1 unspecified atom stereocenters. The molecular weight excluding hydrogens is 130 g/mol. The fraction of sp³-hybridized carbons (Fsp3) is 0.857. The summed E-state index contributed by atoms with van der Waals surface area (Å²) in [6.07, 6.45) is 3.80. The summed E-state index contributed by atoms with van der Waals surface area (Å²) in [7, 11) is 0. The summed E-state index contributed by atoms with van der Waals surface area (Å²) in [6.45, 7) is 2.19. The Morgan fingerprint density at radius 2 is 2.40 bits per heavy atom. The van der Waals surface area contributed by atoms with E-state index in [0.717, 1.165) is 19.3 Å². The number of aliphatic hydroxyl groups excluding tert-OH is 1. The maximum Gasteiger partial charge on any atom is 0.286 e. The number of nitrogens with zero attached hydrogens (tertiary/aromatic N) is 1. The third-order valence-corrected chi connectivity index (χ3v) is 1.23. The summed E-state index contributed by atoms with van der Waals surface area (Å²) < 4.78 is 4.35. The van der Waals surface area contributed by atoms with Crippen LogP contribution >= 0.6 is 0 Å². The molecule has 0 aliphatic heterocycles. The zero-order valence-corrected chi connectivity index (χ0v) is 6.21. The Morgan fingerprint density at radius 3 is 2.90 bits per heavy atom. The predicted octanol–water partition coefficient (Wildman–Crippen LogP) is 1.04. The van der Waals surface area contributed by atoms with Gasteiger partial charge in [0.1, 0.15) is 6.61 Å². The molecule has 0 saturated heterocycles. The predicted molar refractivity (Wildman–Crippen MR) is 37.1 cm³/mol. The molecule has 1 N–H and O–H groups in total. The van der Waals surface area contributed by atoms with Crippen LogP contribution in [0.25, 0.3) is 0 Å². The lowest BCUT2D eigenvalue weighted by Gasteiger charge is -2.05. The van der Waals surface area contributed by atoms with Crippen molar-refractivity contribution in [3.05, 3.63) is 0 Å². The zero-order chi connectivity index (χ0) is 7.82. The molecule has 0 aliphatic rings. The highest BCUT2D eigenvalue weighted by molar-refractivity contribution is 4.57. The minimum Gasteiger partial charge on any atom is -0.425 e. The van der Waals surface area contributed by atoms with Gasteiger partial charge < -0.3 is 9.84 Å². The number of ether oxygens (including phenoxy) is 1. The zero-order valence-electron chi connectivity index (χ0n) is 6.21. The van der Waals surface area contributed by atoms with Crippen LogP contribution in [-0.2, 0) is 4.74 Å². The molecule has 3 nitrogen and oxygen atoms in total. The molecule has 0 aromatic rings. The molecule has 1 atom stereocenters. The van der Waals surface area contributed by atoms with Gasteiger partial charge in [-0.05, 0) is 6.42 Å². The largest absolute Gasteiger partial charge is 0.425 e. The Balaban J connectivity index is 3.10. The van der Waals surface area contributed by atoms with Crippen molar-refractivity contribution in [3.63, 3.8) is 0 Å². The van der Waals surface area contributed by atoms with E-state index in [1.807, 2.05) is 0 Å². The first-order chi connectivity index (χ1) is 4.81. The molecule has 0 radical (unpaired) electrons. The van der Waals surface area contributed by atoms with Gasteiger partial charge in [-0.2, -0.15) is 5.26 Å². The molecular formula is C7H13NO2. The summed E-state index contributed by atoms with van der Waals surface area (Å²) in [5.74, 6) is 0. The maximum absolute atomic E-state index is 9.04. The van der Waals surface area contributed by atoms with Gasteiger partial charge in [0.15, 0.2) is 0 Å². The molecule has 0 heterocycles. The van der Waals surface area contributed by atoms with Gasteiger partial charge in [-0.25, -0.2) is 0 Å². The number of unbranched alkanes of at least 4 members (excludes halogenated alkanes) is 1. The molecule has 0 rings (SSSR count). The van der Waals surface area contributed by atoms with Gasteiger partial charge in [-0.3, -0.25) is 0 Å². The SMILES string of the molecule is CCCCC(O)COC#N. The summed E-state index contributed by atoms with van der Waals surface area (Å²) in [6, 6.07) is 0. The van der Waals surface area contributed by atoms with E-state index < -0.39 is 6.10 Å². The van der Waals surface area contributed by atoms with Crippen LogP contribution < -0.4 is 0 Å². The van der Waals surface area contributed by atoms with Crippen LogP contribution in [0.4, 0.5) is 0 Å². The first-order valence-electron chi connectivity index (χ1n) is 3.50. The van der Waals surface area contributed by atoms with Gasteiger partial charge in [0.2, 0.25) is 0 Å². The Labute approximate surface area is 61.2 Å². The molecule has 0 aliphatic carbocycles. The molecule has 0 spiro atoms. The van der Waals surface area contributed by atoms with E-state index in [0.29, 0.717) is 0 Å². The van der Waals surface area contributed by atoms with Crippen molar-refractivity contribution in [1.29, 1.82) is 5.26 Å². The lowest BCUT2D eigenvalue weighted by molar-refractivity contribution is 0.0829. The second-order valence-electron chi connectivity index (χ2n) is 2.20. The number of aliphatic hydroxyl groups is 1. The third-order valence-electron chi connectivity index (χ3n) is 1.23. The van der Waals surface area contributed by atoms with E-state index in [2.05, 4.69) is 11.7 Å². The van der Waals surface area contributed by atoms with Gasteiger partial charge in [0.05, 0.1) is 6.10 Å². The highest BCUT2D eigenvalue weighted by atomic mass is 16.5. The molecule has 0 aromatic carbocycles. The van der Waals surface area contributed by atoms with Crippen molar-refractivity contribution >= 4 is 0 Å². The normalized spacial score (nSPS) is 12.1. The highest BCUT2D eigenvalue weighted by Crippen LogP contribution is 1.99. The fourth-order valence-corrected chi connectivity index (χ4v) is 0.657. The van der Waals surface area contributed by atoms with Crippen LogP contribution in [0, 0.1) is 11.5 Å². The minimum absolute atomic E-state index is 0.135. The average Bonchev–Trinajstić information content (AvgIpc) is 1.97. The highest BCUT2D eigenvalue weighted by Gasteiger charge is 2.01. The molecule has 10 heavy (non-hydrogen) atoms. The van der Waals surface area contributed by atoms with E-state index >= 15 is 0 Å². The van der Waals surface area contributed by atoms with E-state index in [1.54, 1.807) is 0 Å². The van der Waals surface area contributed by atoms with Gasteiger partial charge >= 0.3 is 0 Å². The van der Waals surface area contributed by atoms with E-state index in [9.17, 15) is 0 Å². The van der Waals surface area contributed by atoms with Crippen LogP contribution in [0.15, 0.2) is 0 Å². The van der Waals surface area contributed by atoms with Gasteiger partial charge in [-0.1, -0.05) is 19.8 Å². The second-order valence-corrected chi connectivity index (χ2v) is 2.20. The summed E-state index contributed by atoms with van der Waals surface area (Å²) in [4.78, 5) is 0. The Kier molecular flexibility index (Phi) is 5.89. The van der Waals surface area contributed by atoms with Crippen LogP contribution in [0.2, 0.25) is 0 Å². The monoisotopic (exact) mass is 143 g/mol. The van der Waals surface area contributed by atoms with Crippen molar-refractivity contribution in [1.82, 2.24) is 0 Å². The van der Waals surface area contributed by atoms with Crippen molar-refractivity contribution in [2.75, 3.05) is 6.61 Å². The Bertz CT molecular complexity index is 109. The minimum atomic E-state index is -0.473. The van der Waals surface area contributed by atoms with Crippen molar-refractivity contribution in [2.45, 2.75) is 32.3 Å². The first-order valence-corrected chi connectivity index (χ1v) is 3.50. The topological polar surface area (TPSA) is 53.2 Å². The van der Waals surface area contributed by atoms with Gasteiger partial charge in [-0.15, -0.1) is 0 Å². The number of rotatable bonds is 5. The number of hydrogen-bond acceptors (Lipinski definition) is 3. The summed E-state index contributed by atoms with van der Waals surface area (Å²) in [5, 5.41) is 17.0. The second kappa shape index (κ2) is 6.37. The smallest absolute Gasteiger partial charge is 0.286 e. The molecule has 58 valence electrons. The quantitative estimate of drug-likeness (QED) is 0.585.